The van der Waals surface area contributed by atoms with Gasteiger partial charge in [0.15, 0.2) is 5.78 Å². The highest BCUT2D eigenvalue weighted by Crippen LogP contribution is 2.16. The molecule has 0 aromatic heterocycles. The number of carbonyl (C=O) groups excluding carboxylic acids is 1. The van der Waals surface area contributed by atoms with Crippen LogP contribution >= 0.6 is 0 Å². The smallest absolute Gasteiger partial charge is 0.306 e. The molecular weight excluding hydrogens is 316 g/mol. The van der Waals surface area contributed by atoms with Crippen LogP contribution in [0.15, 0.2) is 54.6 Å². The van der Waals surface area contributed by atoms with Gasteiger partial charge in [-0.25, -0.2) is 0 Å². The zero-order valence-electron chi connectivity index (χ0n) is 14.0. The molecule has 25 heavy (non-hydrogen) atoms. The van der Waals surface area contributed by atoms with E-state index in [4.69, 9.17) is 10.4 Å². The van der Waals surface area contributed by atoms with Crippen molar-refractivity contribution in [2.75, 3.05) is 5.32 Å². The molecule has 2 rings (SSSR count). The number of rotatable bonds is 8. The lowest BCUT2D eigenvalue weighted by Gasteiger charge is -2.20. The molecule has 2 aromatic rings. The van der Waals surface area contributed by atoms with Crippen molar-refractivity contribution >= 4 is 17.4 Å². The van der Waals surface area contributed by atoms with Crippen LogP contribution in [0.2, 0.25) is 0 Å². The molecule has 0 fully saturated rings. The molecule has 0 unspecified atom stereocenters. The number of hydrogen-bond acceptors (Lipinski definition) is 4. The highest BCUT2D eigenvalue weighted by molar-refractivity contribution is 5.90. The highest BCUT2D eigenvalue weighted by Gasteiger charge is 2.23. The van der Waals surface area contributed by atoms with Crippen molar-refractivity contribution in [2.45, 2.75) is 25.8 Å². The maximum absolute atomic E-state index is 12.6. The van der Waals surface area contributed by atoms with Crippen LogP contribution in [0.3, 0.4) is 0 Å². The minimum Gasteiger partial charge on any atom is -0.481 e. The molecule has 128 valence electrons. The molecule has 0 spiro atoms. The summed E-state index contributed by atoms with van der Waals surface area (Å²) in [5.74, 6) is -1.86. The Labute approximate surface area is 146 Å². The molecule has 0 heterocycles. The number of hydrogen-bond donors (Lipinski definition) is 2. The SMILES string of the molecule is C[C@@H](CC(=O)[C@@H](Cc1ccc(C#N)cc1)Nc1ccccc1)C(=O)O. The van der Waals surface area contributed by atoms with Gasteiger partial charge in [0, 0.05) is 12.1 Å². The lowest BCUT2D eigenvalue weighted by atomic mass is 9.95. The van der Waals surface area contributed by atoms with Gasteiger partial charge in [-0.1, -0.05) is 37.3 Å². The molecule has 5 nitrogen and oxygen atoms in total. The summed E-state index contributed by atoms with van der Waals surface area (Å²) in [6.07, 6.45) is 0.391. The second-order valence-electron chi connectivity index (χ2n) is 5.99. The van der Waals surface area contributed by atoms with Crippen LogP contribution in [0.1, 0.15) is 24.5 Å². The van der Waals surface area contributed by atoms with Crippen LogP contribution in [0, 0.1) is 17.2 Å². The Bertz CT molecular complexity index is 764. The number of carboxylic acid groups (broad SMARTS) is 1. The average molecular weight is 336 g/mol. The fourth-order valence-electron chi connectivity index (χ4n) is 2.46. The van der Waals surface area contributed by atoms with Gasteiger partial charge in [-0.15, -0.1) is 0 Å². The lowest BCUT2D eigenvalue weighted by Crippen LogP contribution is -2.33. The molecule has 0 aliphatic carbocycles. The molecule has 0 saturated carbocycles. The number of nitrogens with one attached hydrogen (secondary N) is 1. The fraction of sp³-hybridized carbons (Fsp3) is 0.250. The van der Waals surface area contributed by atoms with Crippen LogP contribution in [0.5, 0.6) is 0 Å². The molecule has 5 heteroatoms. The van der Waals surface area contributed by atoms with Crippen molar-refractivity contribution in [3.63, 3.8) is 0 Å². The number of carbonyl (C=O) groups is 2. The second-order valence-corrected chi connectivity index (χ2v) is 5.99. The number of anilines is 1. The van der Waals surface area contributed by atoms with E-state index in [1.54, 1.807) is 12.1 Å². The number of benzene rings is 2. The monoisotopic (exact) mass is 336 g/mol. The van der Waals surface area contributed by atoms with Crippen LogP contribution in [-0.4, -0.2) is 22.9 Å². The number of Topliss-reactive ketones (excluding diaryl/α,β-unsaturated/α-hetero) is 1. The minimum absolute atomic E-state index is 0.0316. The van der Waals surface area contributed by atoms with Crippen molar-refractivity contribution < 1.29 is 14.7 Å². The summed E-state index contributed by atoms with van der Waals surface area (Å²) < 4.78 is 0. The first-order valence-corrected chi connectivity index (χ1v) is 8.05. The average Bonchev–Trinajstić information content (AvgIpc) is 2.62. The van der Waals surface area contributed by atoms with Crippen molar-refractivity contribution in [2.24, 2.45) is 5.92 Å². The number of para-hydroxylation sites is 1. The van der Waals surface area contributed by atoms with Crippen molar-refractivity contribution in [1.82, 2.24) is 0 Å². The van der Waals surface area contributed by atoms with E-state index in [1.165, 1.54) is 6.92 Å². The second kappa shape index (κ2) is 8.65. The Kier molecular flexibility index (Phi) is 6.30. The first-order valence-electron chi connectivity index (χ1n) is 8.05. The largest absolute Gasteiger partial charge is 0.481 e. The predicted octanol–water partition coefficient (Wildman–Crippen LogP) is 3.26. The van der Waals surface area contributed by atoms with Crippen LogP contribution in [0.4, 0.5) is 5.69 Å². The predicted molar refractivity (Wildman–Crippen MR) is 95.1 cm³/mol. The molecule has 0 aliphatic rings. The summed E-state index contributed by atoms with van der Waals surface area (Å²) in [6.45, 7) is 1.53. The number of carboxylic acids is 1. The van der Waals surface area contributed by atoms with E-state index in [0.29, 0.717) is 12.0 Å². The van der Waals surface area contributed by atoms with Gasteiger partial charge in [-0.3, -0.25) is 9.59 Å². The van der Waals surface area contributed by atoms with E-state index in [2.05, 4.69) is 11.4 Å². The zero-order chi connectivity index (χ0) is 18.2. The third kappa shape index (κ3) is 5.47. The van der Waals surface area contributed by atoms with Gasteiger partial charge in [-0.05, 0) is 36.2 Å². The Morgan fingerprint density at radius 1 is 1.12 bits per heavy atom. The van der Waals surface area contributed by atoms with Crippen LogP contribution in [0.25, 0.3) is 0 Å². The minimum atomic E-state index is -0.981. The lowest BCUT2D eigenvalue weighted by molar-refractivity contribution is -0.143. The van der Waals surface area contributed by atoms with Crippen molar-refractivity contribution in [3.8, 4) is 6.07 Å². The molecule has 0 aliphatic heterocycles. The van der Waals surface area contributed by atoms with Gasteiger partial charge in [0.2, 0.25) is 0 Å². The zero-order valence-corrected chi connectivity index (χ0v) is 14.0. The quantitative estimate of drug-likeness (QED) is 0.772. The Balaban J connectivity index is 2.16. The topological polar surface area (TPSA) is 90.2 Å². The summed E-state index contributed by atoms with van der Waals surface area (Å²) in [6, 6.07) is 17.9. The number of aliphatic carboxylic acids is 1. The fourth-order valence-corrected chi connectivity index (χ4v) is 2.46. The van der Waals surface area contributed by atoms with E-state index in [9.17, 15) is 9.59 Å². The van der Waals surface area contributed by atoms with E-state index < -0.39 is 17.9 Å². The third-order valence-corrected chi connectivity index (χ3v) is 3.96. The van der Waals surface area contributed by atoms with Gasteiger partial charge >= 0.3 is 5.97 Å². The molecular formula is C20H20N2O3. The molecule has 2 N–H and O–H groups in total. The van der Waals surface area contributed by atoms with Gasteiger partial charge in [-0.2, -0.15) is 5.26 Å². The summed E-state index contributed by atoms with van der Waals surface area (Å²) in [4.78, 5) is 23.7. The Morgan fingerprint density at radius 3 is 2.32 bits per heavy atom. The Hall–Kier alpha value is -3.13. The number of ketones is 1. The third-order valence-electron chi connectivity index (χ3n) is 3.96. The number of nitriles is 1. The highest BCUT2D eigenvalue weighted by atomic mass is 16.4. The first kappa shape index (κ1) is 18.2. The molecule has 0 bridgehead atoms. The maximum atomic E-state index is 12.6. The normalized spacial score (nSPS) is 12.6. The summed E-state index contributed by atoms with van der Waals surface area (Å²) >= 11 is 0. The molecule has 0 saturated heterocycles. The van der Waals surface area contributed by atoms with Gasteiger partial charge in [0.25, 0.3) is 0 Å². The number of nitrogens with zero attached hydrogens (tertiary/aromatic N) is 1. The standard InChI is InChI=1S/C20H20N2O3/c1-14(20(24)25)11-19(23)18(22-17-5-3-2-4-6-17)12-15-7-9-16(13-21)10-8-15/h2-10,14,18,22H,11-12H2,1H3,(H,24,25)/t14-,18+/m0/s1. The molecule has 0 amide bonds. The van der Waals surface area contributed by atoms with Crippen LogP contribution < -0.4 is 5.32 Å². The van der Waals surface area contributed by atoms with Gasteiger partial charge < -0.3 is 10.4 Å². The van der Waals surface area contributed by atoms with Crippen molar-refractivity contribution in [3.05, 3.63) is 65.7 Å². The van der Waals surface area contributed by atoms with Gasteiger partial charge in [0.05, 0.1) is 23.6 Å². The van der Waals surface area contributed by atoms with Crippen LogP contribution in [-0.2, 0) is 16.0 Å². The van der Waals surface area contributed by atoms with E-state index in [0.717, 1.165) is 11.3 Å². The maximum Gasteiger partial charge on any atom is 0.306 e. The van der Waals surface area contributed by atoms with E-state index in [-0.39, 0.29) is 12.2 Å². The molecule has 2 atom stereocenters. The van der Waals surface area contributed by atoms with E-state index >= 15 is 0 Å². The Morgan fingerprint density at radius 2 is 1.76 bits per heavy atom. The first-order chi connectivity index (χ1) is 12.0. The molecule has 2 aromatic carbocycles. The van der Waals surface area contributed by atoms with Gasteiger partial charge in [0.1, 0.15) is 0 Å². The summed E-state index contributed by atoms with van der Waals surface area (Å²) in [5, 5.41) is 21.1. The van der Waals surface area contributed by atoms with E-state index in [1.807, 2.05) is 42.5 Å². The molecule has 0 radical (unpaired) electrons. The summed E-state index contributed by atoms with van der Waals surface area (Å²) in [7, 11) is 0. The summed E-state index contributed by atoms with van der Waals surface area (Å²) in [5.41, 5.74) is 2.27. The van der Waals surface area contributed by atoms with Crippen molar-refractivity contribution in [1.29, 1.82) is 5.26 Å².